The third-order valence-corrected chi connectivity index (χ3v) is 6.14. The molecule has 0 aliphatic heterocycles. The third kappa shape index (κ3) is 4.85. The average Bonchev–Trinajstić information content (AvgIpc) is 2.63. The molecule has 0 saturated heterocycles. The smallest absolute Gasteiger partial charge is 0.349 e. The molecule has 0 aliphatic carbocycles. The number of rotatable bonds is 8. The molecule has 26 heavy (non-hydrogen) atoms. The quantitative estimate of drug-likeness (QED) is 0.660. The van der Waals surface area contributed by atoms with Crippen LogP contribution in [-0.4, -0.2) is 30.6 Å². The Hall–Kier alpha value is -1.88. The van der Waals surface area contributed by atoms with E-state index < -0.39 is 7.60 Å². The molecule has 0 fully saturated rings. The molecule has 0 spiro atoms. The van der Waals surface area contributed by atoms with Crippen molar-refractivity contribution < 1.29 is 18.7 Å². The Morgan fingerprint density at radius 3 is 2.54 bits per heavy atom. The summed E-state index contributed by atoms with van der Waals surface area (Å²) in [5.74, 6) is 0.299. The highest BCUT2D eigenvalue weighted by atomic mass is 31.2. The Kier molecular flexibility index (Phi) is 6.45. The van der Waals surface area contributed by atoms with E-state index in [0.717, 1.165) is 28.8 Å². The summed E-state index contributed by atoms with van der Waals surface area (Å²) in [6, 6.07) is 7.61. The van der Waals surface area contributed by atoms with Crippen LogP contribution in [0.4, 0.5) is 5.69 Å². The first-order valence-corrected chi connectivity index (χ1v) is 10.1. The van der Waals surface area contributed by atoms with Crippen LogP contribution in [0.2, 0.25) is 0 Å². The van der Waals surface area contributed by atoms with Crippen LogP contribution >= 0.6 is 7.60 Å². The zero-order chi connectivity index (χ0) is 19.4. The summed E-state index contributed by atoms with van der Waals surface area (Å²) in [5.41, 5.74) is 3.62. The summed E-state index contributed by atoms with van der Waals surface area (Å²) >= 11 is 0. The largest absolute Gasteiger partial charge is 0.508 e. The number of nitrogens with one attached hydrogen (secondary N) is 1. The van der Waals surface area contributed by atoms with Gasteiger partial charge in [-0.1, -0.05) is 26.0 Å². The van der Waals surface area contributed by atoms with Gasteiger partial charge in [-0.2, -0.15) is 0 Å². The number of aromatic hydroxyl groups is 1. The van der Waals surface area contributed by atoms with Gasteiger partial charge in [-0.25, -0.2) is 0 Å². The van der Waals surface area contributed by atoms with Gasteiger partial charge in [0.05, 0.1) is 11.9 Å². The van der Waals surface area contributed by atoms with Gasteiger partial charge in [0.2, 0.25) is 0 Å². The number of anilines is 1. The van der Waals surface area contributed by atoms with Crippen LogP contribution in [0.3, 0.4) is 0 Å². The van der Waals surface area contributed by atoms with E-state index in [2.05, 4.69) is 24.1 Å². The Bertz CT molecular complexity index is 800. The molecule has 6 nitrogen and oxygen atoms in total. The molecule has 0 aliphatic rings. The van der Waals surface area contributed by atoms with Crippen molar-refractivity contribution in [1.29, 1.82) is 0 Å². The molecule has 1 aromatic carbocycles. The van der Waals surface area contributed by atoms with E-state index in [1.54, 1.807) is 18.5 Å². The summed E-state index contributed by atoms with van der Waals surface area (Å²) < 4.78 is 22.3. The van der Waals surface area contributed by atoms with E-state index in [1.807, 2.05) is 25.1 Å². The number of phenolic OH excluding ortho intramolecular Hbond substituents is 1. The van der Waals surface area contributed by atoms with Crippen LogP contribution < -0.4 is 5.32 Å². The van der Waals surface area contributed by atoms with Crippen molar-refractivity contribution in [3.8, 4) is 5.75 Å². The lowest BCUT2D eigenvalue weighted by Crippen LogP contribution is -2.23. The van der Waals surface area contributed by atoms with E-state index >= 15 is 0 Å². The maximum Gasteiger partial charge on any atom is 0.349 e. The lowest BCUT2D eigenvalue weighted by molar-refractivity contribution is 0.278. The Balaban J connectivity index is 2.26. The van der Waals surface area contributed by atoms with Crippen LogP contribution in [-0.2, 0) is 25.4 Å². The minimum absolute atomic E-state index is 0.0626. The van der Waals surface area contributed by atoms with Gasteiger partial charge in [0.25, 0.3) is 0 Å². The van der Waals surface area contributed by atoms with Crippen molar-refractivity contribution in [2.45, 2.75) is 32.6 Å². The topological polar surface area (TPSA) is 80.7 Å². The van der Waals surface area contributed by atoms with E-state index in [1.165, 1.54) is 14.2 Å². The van der Waals surface area contributed by atoms with Gasteiger partial charge in [0.15, 0.2) is 0 Å². The number of hydrogen-bond acceptors (Lipinski definition) is 6. The van der Waals surface area contributed by atoms with Gasteiger partial charge >= 0.3 is 7.60 Å². The van der Waals surface area contributed by atoms with Gasteiger partial charge in [0.1, 0.15) is 12.0 Å². The zero-order valence-corrected chi connectivity index (χ0v) is 16.8. The molecule has 0 saturated carbocycles. The first kappa shape index (κ1) is 20.4. The maximum absolute atomic E-state index is 12.3. The first-order valence-electron chi connectivity index (χ1n) is 8.38. The molecule has 2 N–H and O–H groups in total. The fourth-order valence-corrected chi connectivity index (χ4v) is 3.72. The van der Waals surface area contributed by atoms with Gasteiger partial charge in [-0.3, -0.25) is 9.55 Å². The summed E-state index contributed by atoms with van der Waals surface area (Å²) in [6.45, 7) is 6.17. The van der Waals surface area contributed by atoms with Gasteiger partial charge in [-0.05, 0) is 47.6 Å². The van der Waals surface area contributed by atoms with E-state index in [0.29, 0.717) is 5.75 Å². The standard InChI is InChI=1S/C19H27N2O4P/c1-14-10-15(6-7-18(14)22)11-19(2,3)16-8-9-20-12-17(16)21-13-26(23,24-4)25-5/h6-10,12,21-22H,11,13H2,1-5H3. The van der Waals surface area contributed by atoms with E-state index in [4.69, 9.17) is 9.05 Å². The van der Waals surface area contributed by atoms with Crippen LogP contribution in [0, 0.1) is 6.92 Å². The average molecular weight is 378 g/mol. The molecule has 0 bridgehead atoms. The molecule has 142 valence electrons. The molecule has 0 amide bonds. The third-order valence-electron chi connectivity index (χ3n) is 4.48. The van der Waals surface area contributed by atoms with Crippen molar-refractivity contribution in [3.05, 3.63) is 53.3 Å². The molecule has 1 aromatic heterocycles. The zero-order valence-electron chi connectivity index (χ0n) is 15.9. The van der Waals surface area contributed by atoms with Crippen molar-refractivity contribution >= 4 is 13.3 Å². The number of aryl methyl sites for hydroxylation is 1. The predicted octanol–water partition coefficient (Wildman–Crippen LogP) is 4.47. The second-order valence-corrected chi connectivity index (χ2v) is 9.18. The SMILES string of the molecule is COP(=O)(CNc1cnccc1C(C)(C)Cc1ccc(O)c(C)c1)OC. The highest BCUT2D eigenvalue weighted by Gasteiger charge is 2.26. The lowest BCUT2D eigenvalue weighted by atomic mass is 9.78. The Morgan fingerprint density at radius 1 is 1.23 bits per heavy atom. The Labute approximate surface area is 155 Å². The normalized spacial score (nSPS) is 12.2. The molecule has 0 atom stereocenters. The molecule has 2 rings (SSSR count). The Morgan fingerprint density at radius 2 is 1.92 bits per heavy atom. The highest BCUT2D eigenvalue weighted by Crippen LogP contribution is 2.46. The summed E-state index contributed by atoms with van der Waals surface area (Å²) in [6.07, 6.45) is 4.30. The van der Waals surface area contributed by atoms with Crippen molar-refractivity contribution in [2.75, 3.05) is 25.8 Å². The molecule has 7 heteroatoms. The van der Waals surface area contributed by atoms with Crippen LogP contribution in [0.15, 0.2) is 36.7 Å². The number of nitrogens with zero attached hydrogens (tertiary/aromatic N) is 1. The molecule has 0 unspecified atom stereocenters. The monoisotopic (exact) mass is 378 g/mol. The number of aromatic nitrogens is 1. The van der Waals surface area contributed by atoms with Crippen LogP contribution in [0.5, 0.6) is 5.75 Å². The van der Waals surface area contributed by atoms with Crippen LogP contribution in [0.1, 0.15) is 30.5 Å². The fourth-order valence-electron chi connectivity index (χ4n) is 2.94. The predicted molar refractivity (Wildman–Crippen MR) is 104 cm³/mol. The molecule has 2 aromatic rings. The second kappa shape index (κ2) is 8.21. The van der Waals surface area contributed by atoms with Crippen molar-refractivity contribution in [3.63, 3.8) is 0 Å². The minimum atomic E-state index is -3.16. The molecule has 1 heterocycles. The van der Waals surface area contributed by atoms with Crippen molar-refractivity contribution in [1.82, 2.24) is 4.98 Å². The number of benzene rings is 1. The first-order chi connectivity index (χ1) is 12.2. The number of hydrogen-bond donors (Lipinski definition) is 2. The van der Waals surface area contributed by atoms with E-state index in [9.17, 15) is 9.67 Å². The fraction of sp³-hybridized carbons (Fsp3) is 0.421. The van der Waals surface area contributed by atoms with Gasteiger partial charge in [0, 0.05) is 20.4 Å². The summed E-state index contributed by atoms with van der Waals surface area (Å²) in [7, 11) is -0.427. The number of pyridine rings is 1. The number of phenols is 1. The molecular formula is C19H27N2O4P. The lowest BCUT2D eigenvalue weighted by Gasteiger charge is -2.28. The summed E-state index contributed by atoms with van der Waals surface area (Å²) in [4.78, 5) is 4.18. The van der Waals surface area contributed by atoms with Gasteiger partial charge < -0.3 is 19.5 Å². The van der Waals surface area contributed by atoms with E-state index in [-0.39, 0.29) is 11.7 Å². The summed E-state index contributed by atoms with van der Waals surface area (Å²) in [5, 5.41) is 12.9. The second-order valence-electron chi connectivity index (χ2n) is 6.91. The van der Waals surface area contributed by atoms with Gasteiger partial charge in [-0.15, -0.1) is 0 Å². The molecular weight excluding hydrogens is 351 g/mol. The molecule has 0 radical (unpaired) electrons. The maximum atomic E-state index is 12.3. The minimum Gasteiger partial charge on any atom is -0.508 e. The van der Waals surface area contributed by atoms with Crippen LogP contribution in [0.25, 0.3) is 0 Å². The highest BCUT2D eigenvalue weighted by molar-refractivity contribution is 7.53. The van der Waals surface area contributed by atoms with Crippen molar-refractivity contribution in [2.24, 2.45) is 0 Å².